The van der Waals surface area contributed by atoms with E-state index in [1.54, 1.807) is 7.11 Å². The van der Waals surface area contributed by atoms with Crippen LogP contribution in [0.15, 0.2) is 42.5 Å². The van der Waals surface area contributed by atoms with Gasteiger partial charge in [0.1, 0.15) is 6.10 Å². The van der Waals surface area contributed by atoms with Gasteiger partial charge in [0.25, 0.3) is 0 Å². The van der Waals surface area contributed by atoms with Crippen LogP contribution < -0.4 is 0 Å². The summed E-state index contributed by atoms with van der Waals surface area (Å²) in [6.07, 6.45) is 0.0931. The van der Waals surface area contributed by atoms with E-state index in [1.807, 2.05) is 37.3 Å². The third-order valence-electron chi connectivity index (χ3n) is 3.17. The molecule has 0 aliphatic heterocycles. The summed E-state index contributed by atoms with van der Waals surface area (Å²) < 4.78 is 5.28. The lowest BCUT2D eigenvalue weighted by atomic mass is 9.99. The number of aliphatic hydroxyl groups excluding tert-OH is 1. The molecular formula is C15H18O2. The highest BCUT2D eigenvalue weighted by Gasteiger charge is 2.18. The van der Waals surface area contributed by atoms with Crippen molar-refractivity contribution in [1.82, 2.24) is 0 Å². The van der Waals surface area contributed by atoms with E-state index in [0.29, 0.717) is 0 Å². The van der Waals surface area contributed by atoms with Crippen LogP contribution in [0, 0.1) is 0 Å². The molecule has 0 heterocycles. The van der Waals surface area contributed by atoms with Crippen LogP contribution in [-0.4, -0.2) is 18.3 Å². The zero-order chi connectivity index (χ0) is 12.3. The van der Waals surface area contributed by atoms with Crippen LogP contribution in [0.1, 0.15) is 25.0 Å². The standard InChI is InChI=1S/C15H18O2/c1-3-14(17-2)15(16)13-9-8-11-6-4-5-7-12(11)10-13/h4-10,14-16H,3H2,1-2H3. The minimum Gasteiger partial charge on any atom is -0.386 e. The molecule has 0 aromatic heterocycles. The van der Waals surface area contributed by atoms with E-state index in [4.69, 9.17) is 4.74 Å². The summed E-state index contributed by atoms with van der Waals surface area (Å²) >= 11 is 0. The van der Waals surface area contributed by atoms with Crippen molar-refractivity contribution in [2.24, 2.45) is 0 Å². The average molecular weight is 230 g/mol. The highest BCUT2D eigenvalue weighted by atomic mass is 16.5. The van der Waals surface area contributed by atoms with Crippen molar-refractivity contribution in [3.8, 4) is 0 Å². The van der Waals surface area contributed by atoms with Crippen LogP contribution in [0.3, 0.4) is 0 Å². The minimum absolute atomic E-state index is 0.142. The summed E-state index contributed by atoms with van der Waals surface area (Å²) in [5.41, 5.74) is 0.914. The normalized spacial score (nSPS) is 14.8. The second-order valence-electron chi connectivity index (χ2n) is 4.23. The lowest BCUT2D eigenvalue weighted by molar-refractivity contribution is -0.0148. The van der Waals surface area contributed by atoms with Gasteiger partial charge in [-0.3, -0.25) is 0 Å². The summed E-state index contributed by atoms with van der Waals surface area (Å²) in [6.45, 7) is 2.01. The molecule has 2 aromatic rings. The van der Waals surface area contributed by atoms with E-state index < -0.39 is 6.10 Å². The van der Waals surface area contributed by atoms with Crippen LogP contribution in [0.2, 0.25) is 0 Å². The first-order valence-corrected chi connectivity index (χ1v) is 5.95. The first-order valence-electron chi connectivity index (χ1n) is 5.95. The molecule has 0 saturated heterocycles. The number of aliphatic hydroxyl groups is 1. The summed E-state index contributed by atoms with van der Waals surface area (Å²) in [5, 5.41) is 12.6. The van der Waals surface area contributed by atoms with E-state index in [-0.39, 0.29) is 6.10 Å². The van der Waals surface area contributed by atoms with Gasteiger partial charge in [0.15, 0.2) is 0 Å². The zero-order valence-corrected chi connectivity index (χ0v) is 10.3. The van der Waals surface area contributed by atoms with Crippen molar-refractivity contribution in [2.45, 2.75) is 25.6 Å². The quantitative estimate of drug-likeness (QED) is 0.873. The molecule has 2 atom stereocenters. The molecule has 0 spiro atoms. The van der Waals surface area contributed by atoms with E-state index >= 15 is 0 Å². The first-order chi connectivity index (χ1) is 8.26. The number of ether oxygens (including phenoxy) is 1. The van der Waals surface area contributed by atoms with Crippen molar-refractivity contribution < 1.29 is 9.84 Å². The Morgan fingerprint density at radius 3 is 2.47 bits per heavy atom. The van der Waals surface area contributed by atoms with E-state index in [9.17, 15) is 5.11 Å². The van der Waals surface area contributed by atoms with Crippen LogP contribution in [0.4, 0.5) is 0 Å². The summed E-state index contributed by atoms with van der Waals surface area (Å²) in [7, 11) is 1.64. The Labute approximate surface area is 102 Å². The third-order valence-corrected chi connectivity index (χ3v) is 3.17. The molecular weight excluding hydrogens is 212 g/mol. The Balaban J connectivity index is 2.35. The fourth-order valence-corrected chi connectivity index (χ4v) is 2.13. The largest absolute Gasteiger partial charge is 0.386 e. The molecule has 2 heteroatoms. The Hall–Kier alpha value is -1.38. The second-order valence-corrected chi connectivity index (χ2v) is 4.23. The van der Waals surface area contributed by atoms with Crippen molar-refractivity contribution in [3.63, 3.8) is 0 Å². The number of rotatable bonds is 4. The smallest absolute Gasteiger partial charge is 0.105 e. The van der Waals surface area contributed by atoms with E-state index in [0.717, 1.165) is 17.4 Å². The molecule has 0 amide bonds. The molecule has 0 radical (unpaired) electrons. The highest BCUT2D eigenvalue weighted by molar-refractivity contribution is 5.83. The van der Waals surface area contributed by atoms with Gasteiger partial charge in [-0.15, -0.1) is 0 Å². The first kappa shape index (κ1) is 12.1. The maximum atomic E-state index is 10.2. The Kier molecular flexibility index (Phi) is 3.77. The number of hydrogen-bond donors (Lipinski definition) is 1. The second kappa shape index (κ2) is 5.30. The van der Waals surface area contributed by atoms with Gasteiger partial charge >= 0.3 is 0 Å². The van der Waals surface area contributed by atoms with Gasteiger partial charge in [-0.1, -0.05) is 43.3 Å². The van der Waals surface area contributed by atoms with Gasteiger partial charge in [0.05, 0.1) is 6.10 Å². The lowest BCUT2D eigenvalue weighted by Crippen LogP contribution is -2.19. The lowest BCUT2D eigenvalue weighted by Gasteiger charge is -2.20. The van der Waals surface area contributed by atoms with Crippen molar-refractivity contribution >= 4 is 10.8 Å². The fourth-order valence-electron chi connectivity index (χ4n) is 2.13. The fraction of sp³-hybridized carbons (Fsp3) is 0.333. The van der Waals surface area contributed by atoms with Gasteiger partial charge in [-0.2, -0.15) is 0 Å². The topological polar surface area (TPSA) is 29.5 Å². The minimum atomic E-state index is -0.561. The molecule has 2 unspecified atom stereocenters. The molecule has 2 aromatic carbocycles. The SMILES string of the molecule is CCC(OC)C(O)c1ccc2ccccc2c1. The van der Waals surface area contributed by atoms with E-state index in [2.05, 4.69) is 12.1 Å². The summed E-state index contributed by atoms with van der Waals surface area (Å²) in [5.74, 6) is 0. The molecule has 0 bridgehead atoms. The summed E-state index contributed by atoms with van der Waals surface area (Å²) in [6, 6.07) is 14.2. The zero-order valence-electron chi connectivity index (χ0n) is 10.3. The molecule has 0 aliphatic carbocycles. The molecule has 1 N–H and O–H groups in total. The van der Waals surface area contributed by atoms with Gasteiger partial charge in [-0.25, -0.2) is 0 Å². The number of fused-ring (bicyclic) bond motifs is 1. The van der Waals surface area contributed by atoms with Crippen LogP contribution in [-0.2, 0) is 4.74 Å². The van der Waals surface area contributed by atoms with Crippen molar-refractivity contribution in [3.05, 3.63) is 48.0 Å². The Morgan fingerprint density at radius 2 is 1.82 bits per heavy atom. The highest BCUT2D eigenvalue weighted by Crippen LogP contribution is 2.24. The number of hydrogen-bond acceptors (Lipinski definition) is 2. The van der Waals surface area contributed by atoms with Crippen molar-refractivity contribution in [2.75, 3.05) is 7.11 Å². The monoisotopic (exact) mass is 230 g/mol. The van der Waals surface area contributed by atoms with Gasteiger partial charge in [0, 0.05) is 7.11 Å². The van der Waals surface area contributed by atoms with Gasteiger partial charge < -0.3 is 9.84 Å². The Morgan fingerprint density at radius 1 is 1.12 bits per heavy atom. The van der Waals surface area contributed by atoms with Gasteiger partial charge in [-0.05, 0) is 28.8 Å². The molecule has 90 valence electrons. The predicted molar refractivity (Wildman–Crippen MR) is 70.0 cm³/mol. The van der Waals surface area contributed by atoms with Crippen LogP contribution in [0.25, 0.3) is 10.8 Å². The molecule has 0 fully saturated rings. The molecule has 17 heavy (non-hydrogen) atoms. The van der Waals surface area contributed by atoms with E-state index in [1.165, 1.54) is 5.39 Å². The number of benzene rings is 2. The maximum Gasteiger partial charge on any atom is 0.105 e. The third kappa shape index (κ3) is 2.48. The molecule has 2 nitrogen and oxygen atoms in total. The van der Waals surface area contributed by atoms with Crippen LogP contribution in [0.5, 0.6) is 0 Å². The van der Waals surface area contributed by atoms with Crippen LogP contribution >= 0.6 is 0 Å². The Bertz CT molecular complexity index is 489. The van der Waals surface area contributed by atoms with Gasteiger partial charge in [0.2, 0.25) is 0 Å². The molecule has 2 rings (SSSR count). The summed E-state index contributed by atoms with van der Waals surface area (Å²) in [4.78, 5) is 0. The number of methoxy groups -OCH3 is 1. The maximum absolute atomic E-state index is 10.2. The van der Waals surface area contributed by atoms with Crippen molar-refractivity contribution in [1.29, 1.82) is 0 Å². The molecule has 0 aliphatic rings. The molecule has 0 saturated carbocycles. The average Bonchev–Trinajstić information content (AvgIpc) is 2.39. The predicted octanol–water partition coefficient (Wildman–Crippen LogP) is 3.30.